The number of aromatic nitrogens is 1. The molecule has 3 heterocycles. The number of allylic oxidation sites excluding steroid dienone is 1. The Morgan fingerprint density at radius 2 is 2.11 bits per heavy atom. The molecule has 0 saturated carbocycles. The maximum absolute atomic E-state index is 14.8. The molecule has 4 N–H and O–H groups in total. The first-order valence-corrected chi connectivity index (χ1v) is 11.6. The van der Waals surface area contributed by atoms with E-state index in [-0.39, 0.29) is 30.4 Å². The Kier molecular flexibility index (Phi) is 7.46. The maximum atomic E-state index is 14.8. The monoisotopic (exact) mass is 522 g/mol. The molecule has 2 aliphatic rings. The van der Waals surface area contributed by atoms with Crippen LogP contribution in [0.15, 0.2) is 52.7 Å². The van der Waals surface area contributed by atoms with Gasteiger partial charge in [-0.05, 0) is 25.2 Å². The third kappa shape index (κ3) is 5.57. The van der Waals surface area contributed by atoms with Gasteiger partial charge in [-0.15, -0.1) is 0 Å². The van der Waals surface area contributed by atoms with Gasteiger partial charge in [0.15, 0.2) is 12.1 Å². The van der Waals surface area contributed by atoms with E-state index in [0.717, 1.165) is 10.8 Å². The van der Waals surface area contributed by atoms with Crippen LogP contribution in [0.25, 0.3) is 10.9 Å². The molecule has 2 aromatic rings. The van der Waals surface area contributed by atoms with Gasteiger partial charge in [-0.1, -0.05) is 6.07 Å². The lowest BCUT2D eigenvalue weighted by molar-refractivity contribution is -0.140. The van der Waals surface area contributed by atoms with E-state index in [1.165, 1.54) is 6.20 Å². The molecule has 0 aliphatic carbocycles. The summed E-state index contributed by atoms with van der Waals surface area (Å²) in [4.78, 5) is 15.2. The van der Waals surface area contributed by atoms with E-state index in [9.17, 15) is 17.6 Å². The third-order valence-corrected chi connectivity index (χ3v) is 6.48. The highest BCUT2D eigenvalue weighted by Gasteiger charge is 2.33. The number of amidine groups is 1. The average Bonchev–Trinajstić information content (AvgIpc) is 3.43. The number of nitrogens with two attached hydrogens (primary N) is 1. The lowest BCUT2D eigenvalue weighted by Crippen LogP contribution is -2.32. The molecule has 13 heteroatoms. The average molecular weight is 523 g/mol. The smallest absolute Gasteiger partial charge is 0.403 e. The number of hydrogen-bond acceptors (Lipinski definition) is 8. The number of hydrogen-bond donors (Lipinski definition) is 3. The van der Waals surface area contributed by atoms with Gasteiger partial charge in [0.1, 0.15) is 12.4 Å². The predicted molar refractivity (Wildman–Crippen MR) is 135 cm³/mol. The van der Waals surface area contributed by atoms with Gasteiger partial charge in [-0.3, -0.25) is 4.90 Å². The predicted octanol–water partition coefficient (Wildman–Crippen LogP) is 3.15. The number of fused-ring (bicyclic) bond motifs is 1. The lowest BCUT2D eigenvalue weighted by Gasteiger charge is -2.30. The third-order valence-electron chi connectivity index (χ3n) is 6.48. The number of benzene rings is 1. The van der Waals surface area contributed by atoms with Crippen LogP contribution in [0.3, 0.4) is 0 Å². The number of anilines is 1. The summed E-state index contributed by atoms with van der Waals surface area (Å²) in [5.74, 6) is -0.119. The van der Waals surface area contributed by atoms with Crippen LogP contribution in [0.1, 0.15) is 12.1 Å². The fourth-order valence-electron chi connectivity index (χ4n) is 4.58. The molecule has 0 spiro atoms. The molecule has 37 heavy (non-hydrogen) atoms. The number of nitrogens with zero attached hydrogens (tertiary/aromatic N) is 5. The van der Waals surface area contributed by atoms with Crippen molar-refractivity contribution in [1.82, 2.24) is 19.8 Å². The Morgan fingerprint density at radius 1 is 1.35 bits per heavy atom. The van der Waals surface area contributed by atoms with Crippen LogP contribution in [0.5, 0.6) is 0 Å². The molecule has 1 unspecified atom stereocenters. The van der Waals surface area contributed by atoms with E-state index >= 15 is 0 Å². The first-order valence-electron chi connectivity index (χ1n) is 11.6. The zero-order valence-corrected chi connectivity index (χ0v) is 20.8. The molecule has 0 saturated heterocycles. The van der Waals surface area contributed by atoms with Crippen LogP contribution < -0.4 is 16.1 Å². The summed E-state index contributed by atoms with van der Waals surface area (Å²) in [5, 5.41) is 7.95. The van der Waals surface area contributed by atoms with Gasteiger partial charge >= 0.3 is 6.18 Å². The molecular formula is C24H30F4N8O. The molecule has 0 radical (unpaired) electrons. The van der Waals surface area contributed by atoms with Gasteiger partial charge in [0.05, 0.1) is 41.4 Å². The van der Waals surface area contributed by atoms with Crippen molar-refractivity contribution in [2.45, 2.75) is 25.4 Å². The van der Waals surface area contributed by atoms with Crippen molar-refractivity contribution in [2.75, 3.05) is 45.7 Å². The van der Waals surface area contributed by atoms with Crippen LogP contribution in [0.2, 0.25) is 0 Å². The van der Waals surface area contributed by atoms with Gasteiger partial charge in [-0.2, -0.15) is 13.2 Å². The van der Waals surface area contributed by atoms with Crippen molar-refractivity contribution in [1.29, 1.82) is 5.41 Å². The number of aliphatic imine (C=N–C) groups is 1. The van der Waals surface area contributed by atoms with E-state index in [0.29, 0.717) is 40.9 Å². The van der Waals surface area contributed by atoms with Gasteiger partial charge < -0.3 is 25.5 Å². The molecule has 0 fully saturated rings. The van der Waals surface area contributed by atoms with Crippen LogP contribution in [-0.2, 0) is 11.4 Å². The Bertz CT molecular complexity index is 1270. The Labute approximate surface area is 211 Å². The minimum absolute atomic E-state index is 0.144. The summed E-state index contributed by atoms with van der Waals surface area (Å²) in [6.07, 6.45) is -2.41. The Hall–Kier alpha value is -3.58. The largest absolute Gasteiger partial charge is 0.406 e. The van der Waals surface area contributed by atoms with Crippen molar-refractivity contribution in [3.8, 4) is 0 Å². The second-order valence-electron chi connectivity index (χ2n) is 9.11. The number of alkyl halides is 3. The second-order valence-corrected chi connectivity index (χ2v) is 9.11. The maximum Gasteiger partial charge on any atom is 0.406 e. The topological polar surface area (TPSA) is 98.1 Å². The normalized spacial score (nSPS) is 19.3. The van der Waals surface area contributed by atoms with Crippen LogP contribution >= 0.6 is 0 Å². The van der Waals surface area contributed by atoms with E-state index in [1.54, 1.807) is 48.2 Å². The van der Waals surface area contributed by atoms with Gasteiger partial charge in [0.2, 0.25) is 0 Å². The molecule has 9 nitrogen and oxygen atoms in total. The molecule has 0 bridgehead atoms. The molecule has 2 aliphatic heterocycles. The fraction of sp³-hybridized carbons (Fsp3) is 0.417. The summed E-state index contributed by atoms with van der Waals surface area (Å²) in [6.45, 7) is -0.163. The SMILES string of the molecule is CN1CCC(N(C)c2cccc3c2cc(C2=NC(CN(C)/C(C=N)=C/N)ON2)n3CC(F)(F)F)=C(F)C1. The highest BCUT2D eigenvalue weighted by atomic mass is 19.4. The van der Waals surface area contributed by atoms with Gasteiger partial charge in [0, 0.05) is 44.9 Å². The van der Waals surface area contributed by atoms with Gasteiger partial charge in [-0.25, -0.2) is 19.7 Å². The number of nitrogens with one attached hydrogen (secondary N) is 2. The first kappa shape index (κ1) is 26.5. The van der Waals surface area contributed by atoms with Crippen molar-refractivity contribution in [3.05, 3.63) is 53.4 Å². The van der Waals surface area contributed by atoms with E-state index in [4.69, 9.17) is 16.0 Å². The minimum Gasteiger partial charge on any atom is -0.403 e. The van der Waals surface area contributed by atoms with Gasteiger partial charge in [0.25, 0.3) is 0 Å². The highest BCUT2D eigenvalue weighted by molar-refractivity contribution is 6.05. The van der Waals surface area contributed by atoms with E-state index in [2.05, 4.69) is 10.5 Å². The number of hydroxylamine groups is 1. The molecule has 1 aromatic heterocycles. The second kappa shape index (κ2) is 10.4. The number of rotatable bonds is 8. The fourth-order valence-corrected chi connectivity index (χ4v) is 4.58. The summed E-state index contributed by atoms with van der Waals surface area (Å²) >= 11 is 0. The first-order chi connectivity index (χ1) is 17.5. The Morgan fingerprint density at radius 3 is 2.76 bits per heavy atom. The summed E-state index contributed by atoms with van der Waals surface area (Å²) in [5.41, 5.74) is 10.2. The molecule has 200 valence electrons. The molecule has 0 amide bonds. The van der Waals surface area contributed by atoms with Crippen molar-refractivity contribution in [2.24, 2.45) is 10.7 Å². The quantitative estimate of drug-likeness (QED) is 0.364. The highest BCUT2D eigenvalue weighted by Crippen LogP contribution is 2.35. The van der Waals surface area contributed by atoms with Crippen LogP contribution in [0, 0.1) is 5.41 Å². The zero-order chi connectivity index (χ0) is 26.9. The van der Waals surface area contributed by atoms with Crippen molar-refractivity contribution >= 4 is 28.6 Å². The Balaban J connectivity index is 1.75. The van der Waals surface area contributed by atoms with Crippen LogP contribution in [-0.4, -0.2) is 79.6 Å². The lowest BCUT2D eigenvalue weighted by atomic mass is 10.1. The zero-order valence-electron chi connectivity index (χ0n) is 20.8. The molecule has 1 atom stereocenters. The number of halogens is 4. The van der Waals surface area contributed by atoms with Crippen molar-refractivity contribution in [3.63, 3.8) is 0 Å². The van der Waals surface area contributed by atoms with E-state index < -0.39 is 18.9 Å². The number of likely N-dealkylation sites (N-methyl/N-ethyl adjacent to an activating group) is 2. The summed E-state index contributed by atoms with van der Waals surface area (Å²) in [7, 11) is 5.25. The molecule has 1 aromatic carbocycles. The van der Waals surface area contributed by atoms with Crippen LogP contribution in [0.4, 0.5) is 23.2 Å². The standard InChI is InChI=1S/C24H30F4N8O/c1-33-8-7-20(17(25)12-33)35(3)18-5-4-6-19-16(18)9-21(36(19)14-24(26,27)28)23-31-22(37-32-23)13-34(2)15(10-29)11-30/h4-6,9-11,22,29H,7-8,12-14,30H2,1-3H3,(H,31,32)/b15-11+,29-10?. The van der Waals surface area contributed by atoms with Crippen molar-refractivity contribution < 1.29 is 22.4 Å². The molecular weight excluding hydrogens is 492 g/mol. The summed E-state index contributed by atoms with van der Waals surface area (Å²) in [6, 6.07) is 6.64. The van der Waals surface area contributed by atoms with E-state index in [1.807, 2.05) is 11.9 Å². The molecule has 4 rings (SSSR count). The minimum atomic E-state index is -4.49. The summed E-state index contributed by atoms with van der Waals surface area (Å²) < 4.78 is 56.9.